The summed E-state index contributed by atoms with van der Waals surface area (Å²) in [6.45, 7) is 0.908. The Hall–Kier alpha value is -2.31. The normalized spacial score (nSPS) is 13.7. The minimum Gasteiger partial charge on any atom is -0.496 e. The molecule has 6 heteroatoms. The Balaban J connectivity index is 2.14. The number of nitrogens with zero attached hydrogens (tertiary/aromatic N) is 1. The lowest BCUT2D eigenvalue weighted by molar-refractivity contribution is 0.408. The zero-order valence-electron chi connectivity index (χ0n) is 13.7. The van der Waals surface area contributed by atoms with Gasteiger partial charge in [-0.3, -0.25) is 4.31 Å². The van der Waals surface area contributed by atoms with Gasteiger partial charge < -0.3 is 10.1 Å². The molecule has 2 aromatic carbocycles. The van der Waals surface area contributed by atoms with E-state index < -0.39 is 10.0 Å². The Kier molecular flexibility index (Phi) is 4.59. The van der Waals surface area contributed by atoms with Crippen LogP contribution in [0.25, 0.3) is 6.08 Å². The van der Waals surface area contributed by atoms with Gasteiger partial charge in [-0.2, -0.15) is 0 Å². The molecule has 2 aromatic rings. The monoisotopic (exact) mass is 344 g/mol. The summed E-state index contributed by atoms with van der Waals surface area (Å²) in [5, 5.41) is 3.11. The molecule has 126 valence electrons. The summed E-state index contributed by atoms with van der Waals surface area (Å²) in [5.74, 6) is 0.742. The average molecular weight is 344 g/mol. The summed E-state index contributed by atoms with van der Waals surface area (Å²) in [6, 6.07) is 12.1. The molecule has 5 nitrogen and oxygen atoms in total. The van der Waals surface area contributed by atoms with Crippen LogP contribution >= 0.6 is 0 Å². The molecule has 0 saturated heterocycles. The first-order valence-corrected chi connectivity index (χ1v) is 9.12. The number of hydrogen-bond donors (Lipinski definition) is 1. The van der Waals surface area contributed by atoms with Gasteiger partial charge >= 0.3 is 0 Å². The molecule has 0 atom stereocenters. The van der Waals surface area contributed by atoms with E-state index in [1.807, 2.05) is 25.3 Å². The highest BCUT2D eigenvalue weighted by Gasteiger charge is 2.28. The van der Waals surface area contributed by atoms with Crippen molar-refractivity contribution in [3.8, 4) is 5.75 Å². The quantitative estimate of drug-likeness (QED) is 0.906. The van der Waals surface area contributed by atoms with Gasteiger partial charge in [-0.05, 0) is 31.3 Å². The van der Waals surface area contributed by atoms with Crippen molar-refractivity contribution in [3.05, 3.63) is 59.7 Å². The van der Waals surface area contributed by atoms with Crippen LogP contribution in [0.3, 0.4) is 0 Å². The number of rotatable bonds is 5. The van der Waals surface area contributed by atoms with E-state index in [-0.39, 0.29) is 4.90 Å². The lowest BCUT2D eigenvalue weighted by Gasteiger charge is -2.29. The number of nitrogens with one attached hydrogen (secondary N) is 1. The molecule has 0 radical (unpaired) electrons. The van der Waals surface area contributed by atoms with Crippen molar-refractivity contribution in [3.63, 3.8) is 0 Å². The Labute approximate surface area is 142 Å². The van der Waals surface area contributed by atoms with Crippen LogP contribution in [0, 0.1) is 0 Å². The van der Waals surface area contributed by atoms with Gasteiger partial charge in [-0.15, -0.1) is 0 Å². The fraction of sp³-hybridized carbons (Fsp3) is 0.222. The Morgan fingerprint density at radius 3 is 2.58 bits per heavy atom. The van der Waals surface area contributed by atoms with Gasteiger partial charge in [0.25, 0.3) is 10.0 Å². The minimum absolute atomic E-state index is 0.289. The van der Waals surface area contributed by atoms with Crippen molar-refractivity contribution in [2.75, 3.05) is 25.0 Å². The summed E-state index contributed by atoms with van der Waals surface area (Å²) >= 11 is 0. The standard InChI is InChI=1S/C18H20N2O3S/c1-19-13-16-15-9-6-12-20(17(15)10-11-18(16)23-2)24(21,22)14-7-4-3-5-8-14/h3-11,19H,12-13H2,1-2H3. The molecule has 0 aromatic heterocycles. The van der Waals surface area contributed by atoms with Crippen LogP contribution in [0.4, 0.5) is 5.69 Å². The highest BCUT2D eigenvalue weighted by atomic mass is 32.2. The van der Waals surface area contributed by atoms with Gasteiger partial charge in [0.15, 0.2) is 0 Å². The summed E-state index contributed by atoms with van der Waals surface area (Å²) in [5.41, 5.74) is 2.49. The van der Waals surface area contributed by atoms with Crippen molar-refractivity contribution in [2.24, 2.45) is 0 Å². The number of methoxy groups -OCH3 is 1. The van der Waals surface area contributed by atoms with Crippen molar-refractivity contribution in [2.45, 2.75) is 11.4 Å². The van der Waals surface area contributed by atoms with Gasteiger partial charge in [0.1, 0.15) is 5.75 Å². The van der Waals surface area contributed by atoms with Crippen molar-refractivity contribution < 1.29 is 13.2 Å². The van der Waals surface area contributed by atoms with Crippen LogP contribution in [0.1, 0.15) is 11.1 Å². The van der Waals surface area contributed by atoms with E-state index >= 15 is 0 Å². The predicted molar refractivity (Wildman–Crippen MR) is 95.8 cm³/mol. The van der Waals surface area contributed by atoms with E-state index in [1.165, 1.54) is 4.31 Å². The van der Waals surface area contributed by atoms with Crippen molar-refractivity contribution >= 4 is 21.8 Å². The fourth-order valence-corrected chi connectivity index (χ4v) is 4.35. The number of anilines is 1. The maximum absolute atomic E-state index is 13.0. The molecule has 0 bridgehead atoms. The van der Waals surface area contributed by atoms with Gasteiger partial charge in [0.2, 0.25) is 0 Å². The van der Waals surface area contributed by atoms with Crippen LogP contribution in [-0.2, 0) is 16.6 Å². The number of hydrogen-bond acceptors (Lipinski definition) is 4. The topological polar surface area (TPSA) is 58.6 Å². The zero-order valence-corrected chi connectivity index (χ0v) is 14.5. The smallest absolute Gasteiger partial charge is 0.264 e. The lowest BCUT2D eigenvalue weighted by atomic mass is 10.0. The molecular formula is C18H20N2O3S. The Bertz CT molecular complexity index is 861. The van der Waals surface area contributed by atoms with E-state index in [2.05, 4.69) is 5.32 Å². The SMILES string of the molecule is CNCc1c(OC)ccc2c1C=CCN2S(=O)(=O)c1ccccc1. The molecule has 0 unspecified atom stereocenters. The van der Waals surface area contributed by atoms with E-state index in [9.17, 15) is 8.42 Å². The first-order valence-electron chi connectivity index (χ1n) is 7.68. The second-order valence-electron chi connectivity index (χ2n) is 5.46. The molecule has 0 amide bonds. The van der Waals surface area contributed by atoms with Crippen LogP contribution in [0.5, 0.6) is 5.75 Å². The fourth-order valence-electron chi connectivity index (χ4n) is 2.90. The third-order valence-electron chi connectivity index (χ3n) is 4.02. The average Bonchev–Trinajstić information content (AvgIpc) is 2.62. The van der Waals surface area contributed by atoms with Crippen LogP contribution < -0.4 is 14.4 Å². The lowest BCUT2D eigenvalue weighted by Crippen LogP contribution is -2.33. The predicted octanol–water partition coefficient (Wildman–Crippen LogP) is 2.64. The second kappa shape index (κ2) is 6.67. The molecular weight excluding hydrogens is 324 g/mol. The van der Waals surface area contributed by atoms with Crippen LogP contribution in [0.2, 0.25) is 0 Å². The van der Waals surface area contributed by atoms with E-state index in [0.29, 0.717) is 18.8 Å². The van der Waals surface area contributed by atoms with Crippen LogP contribution in [-0.4, -0.2) is 29.1 Å². The molecule has 1 heterocycles. The minimum atomic E-state index is -3.61. The first-order chi connectivity index (χ1) is 11.6. The summed E-state index contributed by atoms with van der Waals surface area (Å²) < 4.78 is 32.9. The molecule has 0 fully saturated rings. The number of benzene rings is 2. The van der Waals surface area contributed by atoms with E-state index in [4.69, 9.17) is 4.74 Å². The van der Waals surface area contributed by atoms with Gasteiger partial charge in [-0.1, -0.05) is 30.4 Å². The molecule has 1 aliphatic heterocycles. The molecule has 1 aliphatic rings. The molecule has 0 spiro atoms. The maximum atomic E-state index is 13.0. The van der Waals surface area contributed by atoms with Crippen molar-refractivity contribution in [1.82, 2.24) is 5.32 Å². The maximum Gasteiger partial charge on any atom is 0.264 e. The summed E-state index contributed by atoms with van der Waals surface area (Å²) in [4.78, 5) is 0.289. The number of sulfonamides is 1. The second-order valence-corrected chi connectivity index (χ2v) is 7.32. The highest BCUT2D eigenvalue weighted by molar-refractivity contribution is 7.92. The molecule has 0 aliphatic carbocycles. The molecule has 3 rings (SSSR count). The summed E-state index contributed by atoms with van der Waals surface area (Å²) in [7, 11) is -0.138. The molecule has 1 N–H and O–H groups in total. The third-order valence-corrected chi connectivity index (χ3v) is 5.81. The molecule has 24 heavy (non-hydrogen) atoms. The van der Waals surface area contributed by atoms with Gasteiger partial charge in [-0.25, -0.2) is 8.42 Å². The Morgan fingerprint density at radius 1 is 1.17 bits per heavy atom. The first kappa shape index (κ1) is 16.5. The van der Waals surface area contributed by atoms with Crippen LogP contribution in [0.15, 0.2) is 53.4 Å². The van der Waals surface area contributed by atoms with Crippen molar-refractivity contribution in [1.29, 1.82) is 0 Å². The number of fused-ring (bicyclic) bond motifs is 1. The summed E-state index contributed by atoms with van der Waals surface area (Å²) in [6.07, 6.45) is 3.82. The highest BCUT2D eigenvalue weighted by Crippen LogP contribution is 2.37. The van der Waals surface area contributed by atoms with E-state index in [0.717, 1.165) is 16.9 Å². The largest absolute Gasteiger partial charge is 0.496 e. The van der Waals surface area contributed by atoms with Gasteiger partial charge in [0, 0.05) is 17.7 Å². The zero-order chi connectivity index (χ0) is 17.2. The van der Waals surface area contributed by atoms with E-state index in [1.54, 1.807) is 43.5 Å². The third kappa shape index (κ3) is 2.79. The van der Waals surface area contributed by atoms with Gasteiger partial charge in [0.05, 0.1) is 24.2 Å². The number of ether oxygens (including phenoxy) is 1. The Morgan fingerprint density at radius 2 is 1.92 bits per heavy atom. The molecule has 0 saturated carbocycles.